The molecule has 0 atom stereocenters. The summed E-state index contributed by atoms with van der Waals surface area (Å²) in [4.78, 5) is 13.2. The molecule has 0 aliphatic carbocycles. The minimum Gasteiger partial charge on any atom is -0.261 e. The highest BCUT2D eigenvalue weighted by Gasteiger charge is 2.12. The van der Waals surface area contributed by atoms with Crippen LogP contribution in [0.3, 0.4) is 0 Å². The Labute approximate surface area is 193 Å². The number of pyridine rings is 1. The second kappa shape index (κ2) is 11.6. The average molecular weight is 442 g/mol. The maximum atomic E-state index is 14.4. The average Bonchev–Trinajstić information content (AvgIpc) is 2.85. The summed E-state index contributed by atoms with van der Waals surface area (Å²) >= 11 is 0. The van der Waals surface area contributed by atoms with E-state index in [2.05, 4.69) is 23.3 Å². The van der Waals surface area contributed by atoms with Crippen molar-refractivity contribution in [3.8, 4) is 11.1 Å². The number of nitrogens with zero attached hydrogens (tertiary/aromatic N) is 3. The van der Waals surface area contributed by atoms with Gasteiger partial charge in [-0.2, -0.15) is 0 Å². The molecule has 0 saturated heterocycles. The highest BCUT2D eigenvalue weighted by atomic mass is 19.1. The van der Waals surface area contributed by atoms with Gasteiger partial charge >= 0.3 is 0 Å². The highest BCUT2D eigenvalue weighted by Crippen LogP contribution is 2.31. The van der Waals surface area contributed by atoms with Crippen molar-refractivity contribution in [3.63, 3.8) is 0 Å². The smallest absolute Gasteiger partial charge is 0.159 e. The van der Waals surface area contributed by atoms with Crippen LogP contribution in [0.1, 0.15) is 18.2 Å². The van der Waals surface area contributed by atoms with Crippen LogP contribution in [0.15, 0.2) is 107 Å². The first-order valence-electron chi connectivity index (χ1n) is 10.5. The molecule has 0 radical (unpaired) electrons. The van der Waals surface area contributed by atoms with Crippen molar-refractivity contribution in [2.45, 2.75) is 19.8 Å². The van der Waals surface area contributed by atoms with Gasteiger partial charge in [0.25, 0.3) is 0 Å². The van der Waals surface area contributed by atoms with Gasteiger partial charge in [-0.25, -0.2) is 18.8 Å². The van der Waals surface area contributed by atoms with E-state index in [4.69, 9.17) is 4.99 Å². The summed E-state index contributed by atoms with van der Waals surface area (Å²) in [6.45, 7) is 9.40. The maximum absolute atomic E-state index is 14.4. The van der Waals surface area contributed by atoms with Crippen LogP contribution >= 0.6 is 0 Å². The van der Waals surface area contributed by atoms with Crippen LogP contribution in [0.5, 0.6) is 0 Å². The molecule has 0 unspecified atom stereocenters. The molecule has 3 nitrogen and oxygen atoms in total. The third-order valence-electron chi connectivity index (χ3n) is 5.02. The Morgan fingerprint density at radius 1 is 1.06 bits per heavy atom. The van der Waals surface area contributed by atoms with Crippen molar-refractivity contribution in [2.75, 3.05) is 0 Å². The number of hydrogen-bond donors (Lipinski definition) is 0. The lowest BCUT2D eigenvalue weighted by molar-refractivity contribution is 0.603. The zero-order valence-corrected chi connectivity index (χ0v) is 18.5. The number of benzene rings is 2. The van der Waals surface area contributed by atoms with Crippen LogP contribution in [-0.4, -0.2) is 17.5 Å². The topological polar surface area (TPSA) is 37.6 Å². The summed E-state index contributed by atoms with van der Waals surface area (Å²) in [5.41, 5.74) is 3.95. The Kier molecular flexibility index (Phi) is 8.30. The fourth-order valence-electron chi connectivity index (χ4n) is 3.33. The van der Waals surface area contributed by atoms with Crippen molar-refractivity contribution in [3.05, 3.63) is 120 Å². The van der Waals surface area contributed by atoms with Crippen LogP contribution < -0.4 is 0 Å². The molecule has 0 amide bonds. The normalized spacial score (nSPS) is 12.2. The molecule has 0 aliphatic rings. The molecule has 2 aromatic carbocycles. The van der Waals surface area contributed by atoms with Crippen molar-refractivity contribution in [1.82, 2.24) is 4.98 Å². The lowest BCUT2D eigenvalue weighted by atomic mass is 9.98. The van der Waals surface area contributed by atoms with E-state index in [9.17, 15) is 8.78 Å². The summed E-state index contributed by atoms with van der Waals surface area (Å²) in [5, 5.41) is 0. The number of aryl methyl sites for hydroxylation is 2. The number of rotatable bonds is 8. The van der Waals surface area contributed by atoms with Gasteiger partial charge in [0.15, 0.2) is 5.84 Å². The summed E-state index contributed by atoms with van der Waals surface area (Å²) < 4.78 is 28.2. The van der Waals surface area contributed by atoms with Gasteiger partial charge in [-0.05, 0) is 80.1 Å². The number of hydrogen-bond acceptors (Lipinski definition) is 2. The van der Waals surface area contributed by atoms with E-state index in [-0.39, 0.29) is 5.56 Å². The molecule has 0 N–H and O–H groups in total. The lowest BCUT2D eigenvalue weighted by Crippen LogP contribution is -1.99. The predicted octanol–water partition coefficient (Wildman–Crippen LogP) is 7.23. The van der Waals surface area contributed by atoms with Crippen molar-refractivity contribution < 1.29 is 8.78 Å². The van der Waals surface area contributed by atoms with E-state index in [1.807, 2.05) is 49.4 Å². The van der Waals surface area contributed by atoms with E-state index in [1.165, 1.54) is 6.07 Å². The Bertz CT molecular complexity index is 1230. The first kappa shape index (κ1) is 23.7. The van der Waals surface area contributed by atoms with Gasteiger partial charge in [-0.1, -0.05) is 43.0 Å². The molecule has 5 heteroatoms. The molecule has 166 valence electrons. The van der Waals surface area contributed by atoms with E-state index in [0.717, 1.165) is 29.0 Å². The van der Waals surface area contributed by atoms with Crippen LogP contribution in [0.2, 0.25) is 0 Å². The van der Waals surface area contributed by atoms with Gasteiger partial charge in [-0.15, -0.1) is 0 Å². The fraction of sp³-hybridized carbons (Fsp3) is 0.107. The maximum Gasteiger partial charge on any atom is 0.159 e. The molecule has 0 fully saturated rings. The highest BCUT2D eigenvalue weighted by molar-refractivity contribution is 6.04. The van der Waals surface area contributed by atoms with Crippen LogP contribution in [0.4, 0.5) is 14.5 Å². The summed E-state index contributed by atoms with van der Waals surface area (Å²) in [7, 11) is 0. The summed E-state index contributed by atoms with van der Waals surface area (Å²) in [6.07, 6.45) is 10.3. The predicted molar refractivity (Wildman–Crippen MR) is 133 cm³/mol. The molecule has 3 aromatic rings. The molecule has 0 saturated carbocycles. The van der Waals surface area contributed by atoms with Crippen molar-refractivity contribution in [1.29, 1.82) is 0 Å². The number of allylic oxidation sites excluding steroid dienone is 3. The first-order valence-corrected chi connectivity index (χ1v) is 10.5. The SMILES string of the molecule is C=C/C(=C\C=C/C)C(N=C)=Nc1ccc(-c2cc(F)ccc2F)cc1CCc1ccccn1. The third-order valence-corrected chi connectivity index (χ3v) is 5.02. The van der Waals surface area contributed by atoms with E-state index in [1.54, 1.807) is 24.4 Å². The van der Waals surface area contributed by atoms with Gasteiger partial charge in [0.05, 0.1) is 5.69 Å². The first-order chi connectivity index (χ1) is 16.0. The van der Waals surface area contributed by atoms with E-state index in [0.29, 0.717) is 29.9 Å². The molecule has 3 rings (SSSR count). The zero-order valence-electron chi connectivity index (χ0n) is 18.5. The standard InChI is InChI=1S/C28H25F2N3/c1-4-6-9-20(5-2)28(31-3)33-27-16-12-21(25-19-23(29)13-15-26(25)30)18-22(27)11-14-24-10-7-8-17-32-24/h4-10,12-13,15-19H,2-3,11,14H2,1H3/b6-4-,20-9+,33-28?. The summed E-state index contributed by atoms with van der Waals surface area (Å²) in [6, 6.07) is 14.5. The molecule has 0 spiro atoms. The molecule has 1 heterocycles. The monoisotopic (exact) mass is 441 g/mol. The van der Waals surface area contributed by atoms with Gasteiger partial charge < -0.3 is 0 Å². The Morgan fingerprint density at radius 2 is 1.91 bits per heavy atom. The Hall–Kier alpha value is -3.99. The second-order valence-electron chi connectivity index (χ2n) is 7.23. The number of aromatic nitrogens is 1. The van der Waals surface area contributed by atoms with Gasteiger partial charge in [-0.3, -0.25) is 4.98 Å². The van der Waals surface area contributed by atoms with Crippen LogP contribution in [0, 0.1) is 11.6 Å². The number of aliphatic imine (C=N–C) groups is 2. The number of halogens is 2. The van der Waals surface area contributed by atoms with Gasteiger partial charge in [0, 0.05) is 23.0 Å². The largest absolute Gasteiger partial charge is 0.261 e. The molecular formula is C28H25F2N3. The quantitative estimate of drug-likeness (QED) is 0.206. The molecule has 33 heavy (non-hydrogen) atoms. The Balaban J connectivity index is 2.08. The number of amidine groups is 1. The lowest BCUT2D eigenvalue weighted by Gasteiger charge is -2.11. The summed E-state index contributed by atoms with van der Waals surface area (Å²) in [5.74, 6) is -0.557. The molecular weight excluding hydrogens is 416 g/mol. The molecule has 0 bridgehead atoms. The van der Waals surface area contributed by atoms with Gasteiger partial charge in [0.1, 0.15) is 11.6 Å². The van der Waals surface area contributed by atoms with Crippen molar-refractivity contribution in [2.24, 2.45) is 9.98 Å². The van der Waals surface area contributed by atoms with Gasteiger partial charge in [0.2, 0.25) is 0 Å². The van der Waals surface area contributed by atoms with Crippen molar-refractivity contribution >= 4 is 18.2 Å². The third kappa shape index (κ3) is 6.26. The fourth-order valence-corrected chi connectivity index (χ4v) is 3.33. The second-order valence-corrected chi connectivity index (χ2v) is 7.23. The molecule has 1 aromatic heterocycles. The van der Waals surface area contributed by atoms with Crippen LogP contribution in [-0.2, 0) is 12.8 Å². The van der Waals surface area contributed by atoms with E-state index < -0.39 is 11.6 Å². The Morgan fingerprint density at radius 3 is 2.61 bits per heavy atom. The minimum atomic E-state index is -0.494. The molecule has 0 aliphatic heterocycles. The zero-order chi connectivity index (χ0) is 23.6. The minimum absolute atomic E-state index is 0.200. The van der Waals surface area contributed by atoms with Crippen LogP contribution in [0.25, 0.3) is 11.1 Å². The van der Waals surface area contributed by atoms with E-state index >= 15 is 0 Å².